The summed E-state index contributed by atoms with van der Waals surface area (Å²) >= 11 is 1.54. The normalized spacial score (nSPS) is 11.7. The van der Waals surface area contributed by atoms with Crippen molar-refractivity contribution >= 4 is 37.4 Å². The van der Waals surface area contributed by atoms with Gasteiger partial charge < -0.3 is 0 Å². The van der Waals surface area contributed by atoms with Crippen LogP contribution in [0.3, 0.4) is 0 Å². The third-order valence-corrected chi connectivity index (χ3v) is 7.25. The molecule has 2 aromatic heterocycles. The first-order valence-electron chi connectivity index (χ1n) is 9.19. The van der Waals surface area contributed by atoms with Crippen LogP contribution in [0.2, 0.25) is 0 Å². The lowest BCUT2D eigenvalue weighted by molar-refractivity contribution is 0.600. The van der Waals surface area contributed by atoms with E-state index >= 15 is 0 Å². The standard InChI is InChI=1S/C22H21N3O2S2/c1-13-10-11-14(2)18(12-13)29(26,27)25-21-20-19(17-8-6-5-7-9-17)15(3)28-22(20)24-16(4)23-21/h5-12H,1-4H3,(H,23,24,25). The Bertz CT molecular complexity index is 1330. The smallest absolute Gasteiger partial charge is 0.263 e. The molecule has 0 amide bonds. The fourth-order valence-corrected chi connectivity index (χ4v) is 5.86. The maximum atomic E-state index is 13.2. The van der Waals surface area contributed by atoms with Crippen LogP contribution in [0.4, 0.5) is 5.82 Å². The number of rotatable bonds is 4. The van der Waals surface area contributed by atoms with E-state index in [2.05, 4.69) is 14.7 Å². The Kier molecular flexibility index (Phi) is 4.88. The second kappa shape index (κ2) is 7.24. The Morgan fingerprint density at radius 2 is 1.66 bits per heavy atom. The van der Waals surface area contributed by atoms with Crippen molar-refractivity contribution in [3.05, 3.63) is 70.4 Å². The first-order chi connectivity index (χ1) is 13.8. The number of hydrogen-bond acceptors (Lipinski definition) is 5. The van der Waals surface area contributed by atoms with Gasteiger partial charge in [-0.1, -0.05) is 42.5 Å². The van der Waals surface area contributed by atoms with Crippen LogP contribution in [0.15, 0.2) is 53.4 Å². The molecule has 0 unspecified atom stereocenters. The van der Waals surface area contributed by atoms with Crippen molar-refractivity contribution in [2.45, 2.75) is 32.6 Å². The minimum absolute atomic E-state index is 0.259. The fourth-order valence-electron chi connectivity index (χ4n) is 3.42. The predicted molar refractivity (Wildman–Crippen MR) is 119 cm³/mol. The van der Waals surface area contributed by atoms with Gasteiger partial charge in [-0.25, -0.2) is 18.4 Å². The van der Waals surface area contributed by atoms with Gasteiger partial charge >= 0.3 is 0 Å². The maximum absolute atomic E-state index is 13.2. The largest absolute Gasteiger partial charge is 0.263 e. The molecule has 0 aliphatic carbocycles. The van der Waals surface area contributed by atoms with Crippen LogP contribution in [0, 0.1) is 27.7 Å². The minimum atomic E-state index is -3.80. The summed E-state index contributed by atoms with van der Waals surface area (Å²) in [6.07, 6.45) is 0. The Balaban J connectivity index is 1.93. The third-order valence-electron chi connectivity index (χ3n) is 4.77. The van der Waals surface area contributed by atoms with Crippen LogP contribution in [0.1, 0.15) is 21.8 Å². The number of aromatic nitrogens is 2. The topological polar surface area (TPSA) is 72.0 Å². The summed E-state index contributed by atoms with van der Waals surface area (Å²) in [7, 11) is -3.80. The highest BCUT2D eigenvalue weighted by molar-refractivity contribution is 7.92. The van der Waals surface area contributed by atoms with Crippen LogP contribution in [0.25, 0.3) is 21.3 Å². The van der Waals surface area contributed by atoms with E-state index in [-0.39, 0.29) is 4.90 Å². The molecule has 0 aliphatic rings. The van der Waals surface area contributed by atoms with Gasteiger partial charge in [0.25, 0.3) is 10.0 Å². The molecule has 0 radical (unpaired) electrons. The Morgan fingerprint density at radius 1 is 0.931 bits per heavy atom. The van der Waals surface area contributed by atoms with Gasteiger partial charge in [-0.3, -0.25) is 4.72 Å². The van der Waals surface area contributed by atoms with Crippen molar-refractivity contribution in [3.8, 4) is 11.1 Å². The highest BCUT2D eigenvalue weighted by Crippen LogP contribution is 2.41. The van der Waals surface area contributed by atoms with Gasteiger partial charge in [0.15, 0.2) is 5.82 Å². The molecule has 0 spiro atoms. The lowest BCUT2D eigenvalue weighted by Gasteiger charge is -2.13. The predicted octanol–water partition coefficient (Wildman–Crippen LogP) is 5.39. The molecule has 0 saturated carbocycles. The van der Waals surface area contributed by atoms with Crippen molar-refractivity contribution in [2.24, 2.45) is 0 Å². The number of anilines is 1. The monoisotopic (exact) mass is 423 g/mol. The molecule has 2 heterocycles. The summed E-state index contributed by atoms with van der Waals surface area (Å²) in [6.45, 7) is 7.46. The van der Waals surface area contributed by atoms with Crippen LogP contribution in [-0.4, -0.2) is 18.4 Å². The van der Waals surface area contributed by atoms with Gasteiger partial charge in [0.2, 0.25) is 0 Å². The molecule has 2 aromatic carbocycles. The highest BCUT2D eigenvalue weighted by Gasteiger charge is 2.23. The number of thiophene rings is 1. The average Bonchev–Trinajstić information content (AvgIpc) is 2.99. The van der Waals surface area contributed by atoms with E-state index in [9.17, 15) is 8.42 Å². The number of fused-ring (bicyclic) bond motifs is 1. The van der Waals surface area contributed by atoms with Gasteiger partial charge in [0.05, 0.1) is 10.3 Å². The maximum Gasteiger partial charge on any atom is 0.263 e. The van der Waals surface area contributed by atoms with E-state index in [0.29, 0.717) is 17.2 Å². The Labute approximate surface area is 174 Å². The zero-order chi connectivity index (χ0) is 20.8. The van der Waals surface area contributed by atoms with E-state index in [1.165, 1.54) is 0 Å². The van der Waals surface area contributed by atoms with Crippen LogP contribution < -0.4 is 4.72 Å². The fraction of sp³-hybridized carbons (Fsp3) is 0.182. The van der Waals surface area contributed by atoms with E-state index in [1.54, 1.807) is 31.3 Å². The SMILES string of the molecule is Cc1ccc(C)c(S(=O)(=O)Nc2nc(C)nc3sc(C)c(-c4ccccc4)c23)c1. The average molecular weight is 424 g/mol. The summed E-state index contributed by atoms with van der Waals surface area (Å²) in [5.74, 6) is 0.841. The van der Waals surface area contributed by atoms with Crippen LogP contribution in [0.5, 0.6) is 0 Å². The number of hydrogen-bond donors (Lipinski definition) is 1. The molecule has 0 fully saturated rings. The highest BCUT2D eigenvalue weighted by atomic mass is 32.2. The van der Waals surface area contributed by atoms with Crippen LogP contribution >= 0.6 is 11.3 Å². The van der Waals surface area contributed by atoms with E-state index < -0.39 is 10.0 Å². The second-order valence-electron chi connectivity index (χ2n) is 7.07. The van der Waals surface area contributed by atoms with Crippen molar-refractivity contribution in [2.75, 3.05) is 4.72 Å². The van der Waals surface area contributed by atoms with E-state index in [4.69, 9.17) is 0 Å². The Morgan fingerprint density at radius 3 is 2.38 bits per heavy atom. The zero-order valence-electron chi connectivity index (χ0n) is 16.6. The van der Waals surface area contributed by atoms with Gasteiger partial charge in [-0.15, -0.1) is 11.3 Å². The number of aryl methyl sites for hydroxylation is 4. The van der Waals surface area contributed by atoms with Gasteiger partial charge in [0, 0.05) is 10.4 Å². The Hall–Kier alpha value is -2.77. The van der Waals surface area contributed by atoms with E-state index in [0.717, 1.165) is 31.8 Å². The summed E-state index contributed by atoms with van der Waals surface area (Å²) < 4.78 is 29.2. The first-order valence-corrected chi connectivity index (χ1v) is 11.5. The number of nitrogens with one attached hydrogen (secondary N) is 1. The van der Waals surface area contributed by atoms with Gasteiger partial charge in [-0.2, -0.15) is 0 Å². The molecule has 4 rings (SSSR count). The van der Waals surface area contributed by atoms with Gasteiger partial charge in [0.1, 0.15) is 10.7 Å². The molecule has 1 N–H and O–H groups in total. The van der Waals surface area contributed by atoms with Crippen molar-refractivity contribution in [1.82, 2.24) is 9.97 Å². The molecule has 4 aromatic rings. The summed E-state index contributed by atoms with van der Waals surface area (Å²) in [4.78, 5) is 11.1. The number of benzene rings is 2. The summed E-state index contributed by atoms with van der Waals surface area (Å²) in [5, 5.41) is 0.734. The molecule has 29 heavy (non-hydrogen) atoms. The summed E-state index contributed by atoms with van der Waals surface area (Å²) in [6, 6.07) is 15.3. The molecular weight excluding hydrogens is 402 g/mol. The molecule has 5 nitrogen and oxygen atoms in total. The quantitative estimate of drug-likeness (QED) is 0.477. The first kappa shape index (κ1) is 19.5. The molecule has 0 saturated heterocycles. The lowest BCUT2D eigenvalue weighted by atomic mass is 10.0. The number of sulfonamides is 1. The van der Waals surface area contributed by atoms with Gasteiger partial charge in [-0.05, 0) is 50.5 Å². The van der Waals surface area contributed by atoms with Crippen LogP contribution in [-0.2, 0) is 10.0 Å². The van der Waals surface area contributed by atoms with Crippen molar-refractivity contribution in [1.29, 1.82) is 0 Å². The second-order valence-corrected chi connectivity index (χ2v) is 9.93. The molecule has 0 atom stereocenters. The van der Waals surface area contributed by atoms with Crippen molar-refractivity contribution in [3.63, 3.8) is 0 Å². The third kappa shape index (κ3) is 3.63. The van der Waals surface area contributed by atoms with Crippen molar-refractivity contribution < 1.29 is 8.42 Å². The van der Waals surface area contributed by atoms with E-state index in [1.807, 2.05) is 56.3 Å². The summed E-state index contributed by atoms with van der Waals surface area (Å²) in [5.41, 5.74) is 3.55. The lowest BCUT2D eigenvalue weighted by Crippen LogP contribution is -2.16. The minimum Gasteiger partial charge on any atom is -0.263 e. The zero-order valence-corrected chi connectivity index (χ0v) is 18.3. The molecule has 148 valence electrons. The molecule has 0 bridgehead atoms. The number of nitrogens with zero attached hydrogens (tertiary/aromatic N) is 2. The molecule has 0 aliphatic heterocycles. The molecule has 7 heteroatoms. The molecular formula is C22H21N3O2S2.